The van der Waals surface area contributed by atoms with Crippen molar-refractivity contribution >= 4 is 38.2 Å². The Labute approximate surface area is 108 Å². The molecule has 0 aliphatic rings. The van der Waals surface area contributed by atoms with Crippen LogP contribution in [0.4, 0.5) is 0 Å². The molecule has 0 atom stereocenters. The Kier molecular flexibility index (Phi) is 2.53. The van der Waals surface area contributed by atoms with E-state index in [1.165, 1.54) is 11.3 Å². The van der Waals surface area contributed by atoms with E-state index in [2.05, 4.69) is 30.9 Å². The summed E-state index contributed by atoms with van der Waals surface area (Å²) >= 11 is 4.86. The molecule has 0 radical (unpaired) electrons. The topological polar surface area (TPSA) is 58.6 Å². The summed E-state index contributed by atoms with van der Waals surface area (Å²) in [5.74, 6) is 0.559. The molecule has 4 nitrogen and oxygen atoms in total. The van der Waals surface area contributed by atoms with Crippen LogP contribution in [-0.4, -0.2) is 15.0 Å². The van der Waals surface area contributed by atoms with Gasteiger partial charge in [-0.25, -0.2) is 4.98 Å². The second kappa shape index (κ2) is 4.05. The molecule has 3 heterocycles. The van der Waals surface area contributed by atoms with Crippen molar-refractivity contribution in [2.24, 2.45) is 0 Å². The molecule has 3 aromatic heterocycles. The van der Waals surface area contributed by atoms with E-state index in [0.717, 1.165) is 9.35 Å². The van der Waals surface area contributed by atoms with Crippen LogP contribution in [0.2, 0.25) is 0 Å². The van der Waals surface area contributed by atoms with Gasteiger partial charge in [0.2, 0.25) is 0 Å². The predicted molar refractivity (Wildman–Crippen MR) is 71.2 cm³/mol. The first-order valence-corrected chi connectivity index (χ1v) is 6.50. The van der Waals surface area contributed by atoms with Gasteiger partial charge in [0.25, 0.3) is 5.56 Å². The number of hydrogen-bond donors (Lipinski definition) is 1. The van der Waals surface area contributed by atoms with Crippen molar-refractivity contribution in [3.63, 3.8) is 0 Å². The third-order valence-electron chi connectivity index (χ3n) is 2.38. The molecule has 17 heavy (non-hydrogen) atoms. The molecule has 1 N–H and O–H groups in total. The first-order valence-electron chi connectivity index (χ1n) is 4.83. The lowest BCUT2D eigenvalue weighted by molar-refractivity contribution is 1.17. The smallest absolute Gasteiger partial charge is 0.259 e. The average molecular weight is 308 g/mol. The summed E-state index contributed by atoms with van der Waals surface area (Å²) < 4.78 is 0.869. The number of aromatic amines is 1. The van der Waals surface area contributed by atoms with E-state index < -0.39 is 0 Å². The minimum absolute atomic E-state index is 0.122. The number of H-pyrrole nitrogens is 1. The van der Waals surface area contributed by atoms with E-state index in [4.69, 9.17) is 0 Å². The van der Waals surface area contributed by atoms with Crippen molar-refractivity contribution in [3.8, 4) is 11.4 Å². The molecule has 3 rings (SSSR count). The quantitative estimate of drug-likeness (QED) is 0.752. The van der Waals surface area contributed by atoms with Crippen LogP contribution >= 0.6 is 27.3 Å². The number of pyridine rings is 1. The van der Waals surface area contributed by atoms with Crippen molar-refractivity contribution in [1.82, 2.24) is 15.0 Å². The summed E-state index contributed by atoms with van der Waals surface area (Å²) in [5.41, 5.74) is 1.42. The first-order chi connectivity index (χ1) is 8.25. The molecule has 84 valence electrons. The summed E-state index contributed by atoms with van der Waals surface area (Å²) in [6, 6.07) is 3.62. The summed E-state index contributed by atoms with van der Waals surface area (Å²) in [5, 5.41) is 2.40. The normalized spacial score (nSPS) is 10.9. The highest BCUT2D eigenvalue weighted by molar-refractivity contribution is 9.11. The first kappa shape index (κ1) is 10.6. The zero-order valence-corrected chi connectivity index (χ0v) is 10.9. The van der Waals surface area contributed by atoms with Gasteiger partial charge in [-0.2, -0.15) is 0 Å². The van der Waals surface area contributed by atoms with Crippen LogP contribution in [-0.2, 0) is 0 Å². The van der Waals surface area contributed by atoms with Crippen molar-refractivity contribution in [3.05, 3.63) is 44.0 Å². The van der Waals surface area contributed by atoms with Crippen LogP contribution in [0.3, 0.4) is 0 Å². The number of hydrogen-bond acceptors (Lipinski definition) is 4. The highest BCUT2D eigenvalue weighted by Gasteiger charge is 2.09. The zero-order chi connectivity index (χ0) is 11.8. The molecule has 0 saturated carbocycles. The Morgan fingerprint density at radius 1 is 1.29 bits per heavy atom. The fraction of sp³-hybridized carbons (Fsp3) is 0. The Bertz CT molecular complexity index is 735. The summed E-state index contributed by atoms with van der Waals surface area (Å²) in [7, 11) is 0. The standard InChI is InChI=1S/C11H6BrN3OS/c12-9-8-7(5-17-9)11(16)15-10(14-8)6-1-3-13-4-2-6/h1-5H,(H,14,15,16). The lowest BCUT2D eigenvalue weighted by atomic mass is 10.2. The van der Waals surface area contributed by atoms with E-state index in [1.807, 2.05) is 12.1 Å². The Balaban J connectivity index is 2.32. The number of fused-ring (bicyclic) bond motifs is 1. The van der Waals surface area contributed by atoms with Crippen molar-refractivity contribution in [2.75, 3.05) is 0 Å². The van der Waals surface area contributed by atoms with Gasteiger partial charge in [-0.3, -0.25) is 9.78 Å². The average Bonchev–Trinajstić information content (AvgIpc) is 2.73. The maximum Gasteiger partial charge on any atom is 0.259 e. The van der Waals surface area contributed by atoms with Gasteiger partial charge >= 0.3 is 0 Å². The molecule has 0 aliphatic carbocycles. The minimum atomic E-state index is -0.122. The van der Waals surface area contributed by atoms with Crippen LogP contribution in [0.15, 0.2) is 38.5 Å². The van der Waals surface area contributed by atoms with Gasteiger partial charge < -0.3 is 4.98 Å². The Morgan fingerprint density at radius 3 is 2.82 bits per heavy atom. The van der Waals surface area contributed by atoms with Crippen LogP contribution in [0.25, 0.3) is 22.3 Å². The lowest BCUT2D eigenvalue weighted by Crippen LogP contribution is -2.08. The number of nitrogens with zero attached hydrogens (tertiary/aromatic N) is 2. The largest absolute Gasteiger partial charge is 0.306 e. The fourth-order valence-electron chi connectivity index (χ4n) is 1.55. The van der Waals surface area contributed by atoms with E-state index in [9.17, 15) is 4.79 Å². The SMILES string of the molecule is O=c1[nH]c(-c2ccncc2)nc2c(Br)scc12. The molecular weight excluding hydrogens is 302 g/mol. The van der Waals surface area contributed by atoms with Gasteiger partial charge in [0, 0.05) is 23.3 Å². The number of nitrogens with one attached hydrogen (secondary N) is 1. The third kappa shape index (κ3) is 1.79. The maximum absolute atomic E-state index is 11.9. The highest BCUT2D eigenvalue weighted by Crippen LogP contribution is 2.28. The molecule has 0 unspecified atom stereocenters. The minimum Gasteiger partial charge on any atom is -0.306 e. The van der Waals surface area contributed by atoms with E-state index >= 15 is 0 Å². The van der Waals surface area contributed by atoms with Crippen LogP contribution in [0.5, 0.6) is 0 Å². The molecule has 0 saturated heterocycles. The number of thiophene rings is 1. The van der Waals surface area contributed by atoms with Crippen molar-refractivity contribution in [1.29, 1.82) is 0 Å². The van der Waals surface area contributed by atoms with Gasteiger partial charge in [0.1, 0.15) is 11.3 Å². The molecule has 0 amide bonds. The maximum atomic E-state index is 11.9. The van der Waals surface area contributed by atoms with E-state index in [-0.39, 0.29) is 5.56 Å². The lowest BCUT2D eigenvalue weighted by Gasteiger charge is -2.00. The van der Waals surface area contributed by atoms with Crippen molar-refractivity contribution < 1.29 is 0 Å². The van der Waals surface area contributed by atoms with Gasteiger partial charge in [0.15, 0.2) is 0 Å². The molecule has 3 aromatic rings. The Morgan fingerprint density at radius 2 is 2.06 bits per heavy atom. The molecule has 0 spiro atoms. The Hall–Kier alpha value is -1.53. The van der Waals surface area contributed by atoms with Gasteiger partial charge in [-0.05, 0) is 28.1 Å². The molecule has 0 aromatic carbocycles. The summed E-state index contributed by atoms with van der Waals surface area (Å²) in [4.78, 5) is 23.0. The van der Waals surface area contributed by atoms with Gasteiger partial charge in [-0.1, -0.05) is 0 Å². The summed E-state index contributed by atoms with van der Waals surface area (Å²) in [6.07, 6.45) is 3.34. The molecular formula is C11H6BrN3OS. The van der Waals surface area contributed by atoms with Crippen LogP contribution in [0.1, 0.15) is 0 Å². The number of halogens is 1. The van der Waals surface area contributed by atoms with Gasteiger partial charge in [-0.15, -0.1) is 11.3 Å². The number of rotatable bonds is 1. The second-order valence-electron chi connectivity index (χ2n) is 3.42. The monoisotopic (exact) mass is 307 g/mol. The van der Waals surface area contributed by atoms with Gasteiger partial charge in [0.05, 0.1) is 9.17 Å². The highest BCUT2D eigenvalue weighted by atomic mass is 79.9. The molecule has 0 fully saturated rings. The van der Waals surface area contributed by atoms with Crippen LogP contribution < -0.4 is 5.56 Å². The third-order valence-corrected chi connectivity index (χ3v) is 4.07. The van der Waals surface area contributed by atoms with E-state index in [1.54, 1.807) is 17.8 Å². The molecule has 6 heteroatoms. The van der Waals surface area contributed by atoms with E-state index in [0.29, 0.717) is 16.7 Å². The predicted octanol–water partition coefficient (Wildman–Crippen LogP) is 2.81. The van der Waals surface area contributed by atoms with Crippen molar-refractivity contribution in [2.45, 2.75) is 0 Å². The fourth-order valence-corrected chi connectivity index (χ4v) is 2.84. The summed E-state index contributed by atoms with van der Waals surface area (Å²) in [6.45, 7) is 0. The number of aromatic nitrogens is 3. The van der Waals surface area contributed by atoms with Crippen LogP contribution in [0, 0.1) is 0 Å². The zero-order valence-electron chi connectivity index (χ0n) is 8.48. The second-order valence-corrected chi connectivity index (χ2v) is 5.62. The molecule has 0 aliphatic heterocycles. The molecule has 0 bridgehead atoms.